The van der Waals surface area contributed by atoms with Gasteiger partial charge in [-0.2, -0.15) is 5.90 Å². The van der Waals surface area contributed by atoms with Gasteiger partial charge in [-0.25, -0.2) is 0 Å². The van der Waals surface area contributed by atoms with Crippen LogP contribution in [0, 0.1) is 10.8 Å². The summed E-state index contributed by atoms with van der Waals surface area (Å²) in [6.07, 6.45) is 6.42. The van der Waals surface area contributed by atoms with E-state index in [2.05, 4.69) is 10.2 Å². The average Bonchev–Trinajstić information content (AvgIpc) is 3.01. The molecule has 0 aromatic carbocycles. The van der Waals surface area contributed by atoms with Gasteiger partial charge in [-0.05, 0) is 12.8 Å². The van der Waals surface area contributed by atoms with E-state index in [4.69, 9.17) is 21.5 Å². The molecule has 20 heavy (non-hydrogen) atoms. The van der Waals surface area contributed by atoms with Crippen molar-refractivity contribution < 1.29 is 9.57 Å². The van der Waals surface area contributed by atoms with Gasteiger partial charge in [0.15, 0.2) is 0 Å². The Hall–Kier alpha value is -1.60. The molecule has 0 aromatic rings. The third-order valence-electron chi connectivity index (χ3n) is 3.76. The molecule has 7 heteroatoms. The topological polar surface area (TPSA) is 107 Å². The van der Waals surface area contributed by atoms with E-state index in [-0.39, 0.29) is 11.7 Å². The molecule has 2 fully saturated rings. The SMILES string of the molecule is N=C(ON)/C(=C/NC1CCCC1)C(=N)N1CCOCC1. The van der Waals surface area contributed by atoms with Crippen LogP contribution < -0.4 is 11.2 Å². The zero-order chi connectivity index (χ0) is 14.4. The fourth-order valence-corrected chi connectivity index (χ4v) is 2.56. The Morgan fingerprint density at radius 3 is 2.50 bits per heavy atom. The number of nitrogens with one attached hydrogen (secondary N) is 3. The summed E-state index contributed by atoms with van der Waals surface area (Å²) in [4.78, 5) is 6.39. The summed E-state index contributed by atoms with van der Waals surface area (Å²) < 4.78 is 5.27. The van der Waals surface area contributed by atoms with E-state index in [0.717, 1.165) is 12.8 Å². The lowest BCUT2D eigenvalue weighted by molar-refractivity contribution is 0.0679. The molecule has 1 heterocycles. The van der Waals surface area contributed by atoms with Gasteiger partial charge in [-0.15, -0.1) is 0 Å². The van der Waals surface area contributed by atoms with Crippen molar-refractivity contribution in [2.75, 3.05) is 26.3 Å². The highest BCUT2D eigenvalue weighted by Gasteiger charge is 2.22. The number of morpholine rings is 1. The molecule has 0 atom stereocenters. The first-order chi connectivity index (χ1) is 9.72. The van der Waals surface area contributed by atoms with Gasteiger partial charge in [0.1, 0.15) is 5.84 Å². The molecule has 0 amide bonds. The molecular formula is C13H23N5O2. The Labute approximate surface area is 119 Å². The second-order valence-electron chi connectivity index (χ2n) is 5.10. The second kappa shape index (κ2) is 7.25. The van der Waals surface area contributed by atoms with Crippen LogP contribution in [0.2, 0.25) is 0 Å². The maximum atomic E-state index is 8.23. The van der Waals surface area contributed by atoms with E-state index in [1.165, 1.54) is 12.8 Å². The van der Waals surface area contributed by atoms with Crippen LogP contribution in [0.3, 0.4) is 0 Å². The number of hydrogen-bond donors (Lipinski definition) is 4. The highest BCUT2D eigenvalue weighted by molar-refractivity contribution is 6.18. The number of amidine groups is 1. The Kier molecular flexibility index (Phi) is 5.37. The maximum Gasteiger partial charge on any atom is 0.242 e. The smallest absolute Gasteiger partial charge is 0.242 e. The van der Waals surface area contributed by atoms with Gasteiger partial charge in [-0.1, -0.05) is 12.8 Å². The lowest BCUT2D eigenvalue weighted by atomic mass is 10.2. The Morgan fingerprint density at radius 2 is 1.90 bits per heavy atom. The molecule has 1 saturated carbocycles. The lowest BCUT2D eigenvalue weighted by Gasteiger charge is -2.29. The van der Waals surface area contributed by atoms with Gasteiger partial charge in [-0.3, -0.25) is 10.8 Å². The molecule has 2 aliphatic rings. The van der Waals surface area contributed by atoms with Gasteiger partial charge in [0.25, 0.3) is 0 Å². The van der Waals surface area contributed by atoms with Crippen LogP contribution in [0.1, 0.15) is 25.7 Å². The minimum absolute atomic E-state index is 0.188. The molecular weight excluding hydrogens is 258 g/mol. The Balaban J connectivity index is 2.03. The second-order valence-corrected chi connectivity index (χ2v) is 5.10. The van der Waals surface area contributed by atoms with E-state index >= 15 is 0 Å². The molecule has 112 valence electrons. The van der Waals surface area contributed by atoms with Gasteiger partial charge in [0, 0.05) is 25.3 Å². The quantitative estimate of drug-likeness (QED) is 0.342. The number of nitrogens with zero attached hydrogens (tertiary/aromatic N) is 1. The molecule has 0 spiro atoms. The molecule has 0 aromatic heterocycles. The zero-order valence-corrected chi connectivity index (χ0v) is 11.7. The Bertz CT molecular complexity index is 384. The summed E-state index contributed by atoms with van der Waals surface area (Å²) >= 11 is 0. The van der Waals surface area contributed by atoms with E-state index in [1.807, 2.05) is 4.90 Å². The van der Waals surface area contributed by atoms with Crippen molar-refractivity contribution in [3.05, 3.63) is 11.8 Å². The molecule has 1 saturated heterocycles. The average molecular weight is 281 g/mol. The fraction of sp³-hybridized carbons (Fsp3) is 0.692. The van der Waals surface area contributed by atoms with Crippen molar-refractivity contribution in [3.63, 3.8) is 0 Å². The summed E-state index contributed by atoms with van der Waals surface area (Å²) in [7, 11) is 0. The molecule has 1 aliphatic carbocycles. The third-order valence-corrected chi connectivity index (χ3v) is 3.76. The van der Waals surface area contributed by atoms with Crippen LogP contribution in [0.4, 0.5) is 0 Å². The van der Waals surface area contributed by atoms with Crippen molar-refractivity contribution in [2.24, 2.45) is 5.90 Å². The molecule has 5 N–H and O–H groups in total. The minimum Gasteiger partial charge on any atom is -0.391 e. The van der Waals surface area contributed by atoms with Crippen LogP contribution in [-0.4, -0.2) is 49.0 Å². The molecule has 2 rings (SSSR count). The van der Waals surface area contributed by atoms with Crippen LogP contribution in [0.15, 0.2) is 11.8 Å². The van der Waals surface area contributed by atoms with Crippen molar-refractivity contribution in [1.29, 1.82) is 10.8 Å². The maximum absolute atomic E-state index is 8.23. The summed E-state index contributed by atoms with van der Waals surface area (Å²) in [5, 5.41) is 19.3. The van der Waals surface area contributed by atoms with E-state index in [0.29, 0.717) is 37.9 Å². The van der Waals surface area contributed by atoms with Gasteiger partial charge in [0.05, 0.1) is 18.8 Å². The Morgan fingerprint density at radius 1 is 1.25 bits per heavy atom. The summed E-state index contributed by atoms with van der Waals surface area (Å²) in [5.41, 5.74) is 0.390. The van der Waals surface area contributed by atoms with Crippen LogP contribution in [-0.2, 0) is 9.57 Å². The lowest BCUT2D eigenvalue weighted by Crippen LogP contribution is -2.43. The van der Waals surface area contributed by atoms with Crippen LogP contribution in [0.25, 0.3) is 0 Å². The van der Waals surface area contributed by atoms with Gasteiger partial charge < -0.3 is 19.8 Å². The molecule has 0 radical (unpaired) electrons. The summed E-state index contributed by atoms with van der Waals surface area (Å²) in [6, 6.07) is 0.424. The first-order valence-electron chi connectivity index (χ1n) is 7.06. The first kappa shape index (κ1) is 14.8. The van der Waals surface area contributed by atoms with Crippen LogP contribution in [0.5, 0.6) is 0 Å². The molecule has 7 nitrogen and oxygen atoms in total. The number of nitrogens with two attached hydrogens (primary N) is 1. The highest BCUT2D eigenvalue weighted by atomic mass is 16.6. The van der Waals surface area contributed by atoms with Gasteiger partial charge >= 0.3 is 0 Å². The van der Waals surface area contributed by atoms with E-state index in [9.17, 15) is 0 Å². The van der Waals surface area contributed by atoms with E-state index < -0.39 is 0 Å². The largest absolute Gasteiger partial charge is 0.391 e. The van der Waals surface area contributed by atoms with Crippen LogP contribution >= 0.6 is 0 Å². The predicted octanol–water partition coefficient (Wildman–Crippen LogP) is 0.580. The minimum atomic E-state index is -0.188. The zero-order valence-electron chi connectivity index (χ0n) is 11.7. The molecule has 0 bridgehead atoms. The predicted molar refractivity (Wildman–Crippen MR) is 76.6 cm³/mol. The van der Waals surface area contributed by atoms with E-state index in [1.54, 1.807) is 6.20 Å². The fourth-order valence-electron chi connectivity index (χ4n) is 2.56. The highest BCUT2D eigenvalue weighted by Crippen LogP contribution is 2.18. The summed E-state index contributed by atoms with van der Waals surface area (Å²) in [6.45, 7) is 2.50. The third kappa shape index (κ3) is 3.71. The number of rotatable bonds is 4. The number of ether oxygens (including phenoxy) is 1. The van der Waals surface area contributed by atoms with Crippen molar-refractivity contribution in [1.82, 2.24) is 10.2 Å². The van der Waals surface area contributed by atoms with Gasteiger partial charge in [0.2, 0.25) is 5.90 Å². The first-order valence-corrected chi connectivity index (χ1v) is 7.06. The number of hydrogen-bond acceptors (Lipinski definition) is 6. The monoisotopic (exact) mass is 281 g/mol. The molecule has 1 aliphatic heterocycles. The summed E-state index contributed by atoms with van der Waals surface area (Å²) in [5.74, 6) is 5.16. The van der Waals surface area contributed by atoms with Crippen molar-refractivity contribution >= 4 is 11.7 Å². The molecule has 0 unspecified atom stereocenters. The normalized spacial score (nSPS) is 20.9. The van der Waals surface area contributed by atoms with Crippen molar-refractivity contribution in [2.45, 2.75) is 31.7 Å². The van der Waals surface area contributed by atoms with Crippen molar-refractivity contribution in [3.8, 4) is 0 Å². The standard InChI is InChI=1S/C13H23N5O2/c14-12(18-5-7-19-8-6-18)11(13(15)20-16)9-17-10-3-1-2-4-10/h9-10,14-15,17H,1-8,16H2/b11-9+,14-12?,15-13?.